The van der Waals surface area contributed by atoms with Crippen molar-refractivity contribution in [2.45, 2.75) is 13.2 Å². The topological polar surface area (TPSA) is 105 Å². The van der Waals surface area contributed by atoms with Gasteiger partial charge in [-0.25, -0.2) is 9.59 Å². The van der Waals surface area contributed by atoms with Crippen LogP contribution >= 0.6 is 0 Å². The molecule has 0 aliphatic heterocycles. The SMILES string of the molecule is Nc1ccc(-c2ccc(N)cc2C(=O)OCc2ccc(C#Cc3ccccc3)cc2)c(C(=O)OCc2ccc(C#Cc3ccccc3)cc2)c1. The zero-order valence-electron chi connectivity index (χ0n) is 27.1. The molecule has 0 saturated heterocycles. The molecule has 6 aromatic carbocycles. The highest BCUT2D eigenvalue weighted by Crippen LogP contribution is 2.31. The first-order chi connectivity index (χ1) is 24.4. The monoisotopic (exact) mass is 652 g/mol. The molecule has 0 unspecified atom stereocenters. The zero-order valence-corrected chi connectivity index (χ0v) is 27.1. The van der Waals surface area contributed by atoms with Gasteiger partial charge >= 0.3 is 11.9 Å². The molecule has 0 aliphatic carbocycles. The third-order valence-electron chi connectivity index (χ3n) is 7.71. The molecule has 0 radical (unpaired) electrons. The average Bonchev–Trinajstić information content (AvgIpc) is 3.16. The summed E-state index contributed by atoms with van der Waals surface area (Å²) in [4.78, 5) is 26.9. The van der Waals surface area contributed by atoms with Gasteiger partial charge in [-0.15, -0.1) is 0 Å². The number of ether oxygens (including phenoxy) is 2. The van der Waals surface area contributed by atoms with Gasteiger partial charge in [-0.3, -0.25) is 0 Å². The van der Waals surface area contributed by atoms with Crippen LogP contribution in [0, 0.1) is 23.7 Å². The summed E-state index contributed by atoms with van der Waals surface area (Å²) >= 11 is 0. The van der Waals surface area contributed by atoms with Gasteiger partial charge in [-0.2, -0.15) is 0 Å². The predicted octanol–water partition coefficient (Wildman–Crippen LogP) is 8.03. The van der Waals surface area contributed by atoms with E-state index in [1.54, 1.807) is 24.3 Å². The van der Waals surface area contributed by atoms with Crippen LogP contribution in [-0.2, 0) is 22.7 Å². The zero-order chi connectivity index (χ0) is 34.7. The molecule has 0 heterocycles. The minimum absolute atomic E-state index is 0.0345. The molecule has 0 saturated carbocycles. The maximum Gasteiger partial charge on any atom is 0.339 e. The Bertz CT molecular complexity index is 2090. The number of esters is 2. The summed E-state index contributed by atoms with van der Waals surface area (Å²) in [6, 6.07) is 44.2. The van der Waals surface area contributed by atoms with Crippen molar-refractivity contribution in [3.05, 3.63) is 190 Å². The standard InChI is InChI=1S/C44H32N2O4/c45-37-23-25-39(41(27-37)43(47)49-29-35-19-15-33(16-20-35)13-11-31-7-3-1-4-8-31)40-26-24-38(46)28-42(40)44(48)50-30-36-21-17-34(18-22-36)14-12-32-9-5-2-6-10-32/h1-10,15-28H,29-30,45-46H2. The molecule has 0 fully saturated rings. The first kappa shape index (κ1) is 32.9. The Morgan fingerprint density at radius 2 is 0.780 bits per heavy atom. The Labute approximate surface area is 291 Å². The van der Waals surface area contributed by atoms with Crippen LogP contribution in [0.1, 0.15) is 54.1 Å². The number of nitrogens with two attached hydrogens (primary N) is 2. The number of hydrogen-bond donors (Lipinski definition) is 2. The highest BCUT2D eigenvalue weighted by Gasteiger charge is 2.21. The van der Waals surface area contributed by atoms with Crippen LogP contribution in [0.5, 0.6) is 0 Å². The fourth-order valence-electron chi connectivity index (χ4n) is 5.08. The number of benzene rings is 6. The third-order valence-corrected chi connectivity index (χ3v) is 7.71. The highest BCUT2D eigenvalue weighted by atomic mass is 16.5. The Morgan fingerprint density at radius 1 is 0.440 bits per heavy atom. The lowest BCUT2D eigenvalue weighted by Gasteiger charge is -2.15. The summed E-state index contributed by atoms with van der Waals surface area (Å²) in [7, 11) is 0. The number of rotatable bonds is 7. The molecule has 6 aromatic rings. The van der Waals surface area contributed by atoms with Crippen molar-refractivity contribution in [1.82, 2.24) is 0 Å². The van der Waals surface area contributed by atoms with Gasteiger partial charge < -0.3 is 20.9 Å². The molecule has 0 aromatic heterocycles. The summed E-state index contributed by atoms with van der Waals surface area (Å²) in [6.07, 6.45) is 0. The van der Waals surface area contributed by atoms with Crippen molar-refractivity contribution in [2.24, 2.45) is 0 Å². The maximum absolute atomic E-state index is 13.5. The van der Waals surface area contributed by atoms with Crippen LogP contribution in [0.25, 0.3) is 11.1 Å². The van der Waals surface area contributed by atoms with Gasteiger partial charge in [0.1, 0.15) is 13.2 Å². The third kappa shape index (κ3) is 8.66. The molecule has 0 atom stereocenters. The van der Waals surface area contributed by atoms with Crippen LogP contribution in [0.3, 0.4) is 0 Å². The summed E-state index contributed by atoms with van der Waals surface area (Å²) in [5.74, 6) is 11.3. The Morgan fingerprint density at radius 3 is 1.14 bits per heavy atom. The second-order valence-corrected chi connectivity index (χ2v) is 11.4. The van der Waals surface area contributed by atoms with Crippen LogP contribution in [-0.4, -0.2) is 11.9 Å². The van der Waals surface area contributed by atoms with Gasteiger partial charge in [0.15, 0.2) is 0 Å². The normalized spacial score (nSPS) is 10.2. The molecule has 6 nitrogen and oxygen atoms in total. The van der Waals surface area contributed by atoms with Crippen LogP contribution in [0.15, 0.2) is 146 Å². The minimum Gasteiger partial charge on any atom is -0.457 e. The number of hydrogen-bond acceptors (Lipinski definition) is 6. The van der Waals surface area contributed by atoms with E-state index in [1.807, 2.05) is 109 Å². The molecule has 0 aliphatic rings. The van der Waals surface area contributed by atoms with E-state index in [2.05, 4.69) is 23.7 Å². The number of carbonyl (C=O) groups excluding carboxylic acids is 2. The van der Waals surface area contributed by atoms with E-state index in [0.29, 0.717) is 22.5 Å². The number of carbonyl (C=O) groups is 2. The summed E-state index contributed by atoms with van der Waals surface area (Å²) in [5.41, 5.74) is 19.4. The average molecular weight is 653 g/mol. The van der Waals surface area contributed by atoms with E-state index in [9.17, 15) is 9.59 Å². The van der Waals surface area contributed by atoms with E-state index in [-0.39, 0.29) is 24.3 Å². The minimum atomic E-state index is -0.591. The molecular formula is C44H32N2O4. The maximum atomic E-state index is 13.5. The molecule has 242 valence electrons. The quantitative estimate of drug-likeness (QED) is 0.103. The molecule has 0 amide bonds. The first-order valence-electron chi connectivity index (χ1n) is 15.9. The molecule has 4 N–H and O–H groups in total. The van der Waals surface area contributed by atoms with E-state index in [4.69, 9.17) is 20.9 Å². The number of nitrogen functional groups attached to an aromatic ring is 2. The lowest BCUT2D eigenvalue weighted by molar-refractivity contribution is 0.0462. The van der Waals surface area contributed by atoms with E-state index in [1.165, 1.54) is 12.1 Å². The lowest BCUT2D eigenvalue weighted by Crippen LogP contribution is -2.11. The van der Waals surface area contributed by atoms with Crippen LogP contribution < -0.4 is 11.5 Å². The van der Waals surface area contributed by atoms with Gasteiger partial charge in [0.05, 0.1) is 11.1 Å². The van der Waals surface area contributed by atoms with Crippen molar-refractivity contribution in [2.75, 3.05) is 11.5 Å². The molecule has 6 heteroatoms. The Hall–Kier alpha value is -7.02. The highest BCUT2D eigenvalue weighted by molar-refractivity contribution is 6.04. The molecule has 50 heavy (non-hydrogen) atoms. The second-order valence-electron chi connectivity index (χ2n) is 11.4. The van der Waals surface area contributed by atoms with E-state index in [0.717, 1.165) is 33.4 Å². The second kappa shape index (κ2) is 15.7. The van der Waals surface area contributed by atoms with Gasteiger partial charge in [-0.1, -0.05) is 96.5 Å². The first-order valence-corrected chi connectivity index (χ1v) is 15.9. The summed E-state index contributed by atoms with van der Waals surface area (Å²) < 4.78 is 11.4. The van der Waals surface area contributed by atoms with Gasteiger partial charge in [-0.05, 0) is 95.1 Å². The summed E-state index contributed by atoms with van der Waals surface area (Å²) in [6.45, 7) is 0.0689. The Balaban J connectivity index is 1.14. The molecule has 0 spiro atoms. The van der Waals surface area contributed by atoms with Gasteiger partial charge in [0.25, 0.3) is 0 Å². The molecule has 6 rings (SSSR count). The lowest BCUT2D eigenvalue weighted by atomic mass is 9.94. The van der Waals surface area contributed by atoms with Crippen molar-refractivity contribution >= 4 is 23.3 Å². The van der Waals surface area contributed by atoms with Crippen LogP contribution in [0.2, 0.25) is 0 Å². The predicted molar refractivity (Wildman–Crippen MR) is 197 cm³/mol. The van der Waals surface area contributed by atoms with Crippen molar-refractivity contribution < 1.29 is 19.1 Å². The van der Waals surface area contributed by atoms with Crippen LogP contribution in [0.4, 0.5) is 11.4 Å². The van der Waals surface area contributed by atoms with E-state index < -0.39 is 11.9 Å². The fraction of sp³-hybridized carbons (Fsp3) is 0.0455. The van der Waals surface area contributed by atoms with E-state index >= 15 is 0 Å². The largest absolute Gasteiger partial charge is 0.457 e. The molecular weight excluding hydrogens is 620 g/mol. The van der Waals surface area contributed by atoms with Crippen molar-refractivity contribution in [3.8, 4) is 34.8 Å². The van der Waals surface area contributed by atoms with Gasteiger partial charge in [0, 0.05) is 33.6 Å². The van der Waals surface area contributed by atoms with Crippen molar-refractivity contribution in [3.63, 3.8) is 0 Å². The van der Waals surface area contributed by atoms with Gasteiger partial charge in [0.2, 0.25) is 0 Å². The van der Waals surface area contributed by atoms with Crippen molar-refractivity contribution in [1.29, 1.82) is 0 Å². The summed E-state index contributed by atoms with van der Waals surface area (Å²) in [5, 5.41) is 0. The smallest absolute Gasteiger partial charge is 0.339 e. The molecule has 0 bridgehead atoms. The fourth-order valence-corrected chi connectivity index (χ4v) is 5.08. The number of anilines is 2. The Kier molecular flexibility index (Phi) is 10.3.